The predicted octanol–water partition coefficient (Wildman–Crippen LogP) is 1.15. The van der Waals surface area contributed by atoms with Gasteiger partial charge in [-0.2, -0.15) is 0 Å². The number of likely N-dealkylation sites (tertiary alicyclic amines) is 1. The van der Waals surface area contributed by atoms with Gasteiger partial charge in [-0.15, -0.1) is 12.3 Å². The van der Waals surface area contributed by atoms with Gasteiger partial charge in [-0.05, 0) is 12.8 Å². The average molecular weight is 252 g/mol. The lowest BCUT2D eigenvalue weighted by atomic mass is 9.87. The monoisotopic (exact) mass is 252 g/mol. The van der Waals surface area contributed by atoms with E-state index in [1.807, 2.05) is 0 Å². The van der Waals surface area contributed by atoms with Crippen molar-refractivity contribution in [3.05, 3.63) is 0 Å². The number of carboxylic acids is 1. The van der Waals surface area contributed by atoms with E-state index in [0.29, 0.717) is 19.6 Å². The Hall–Kier alpha value is -1.70. The van der Waals surface area contributed by atoms with Crippen LogP contribution in [0.4, 0.5) is 4.79 Å². The zero-order valence-corrected chi connectivity index (χ0v) is 10.7. The zero-order valence-electron chi connectivity index (χ0n) is 10.7. The summed E-state index contributed by atoms with van der Waals surface area (Å²) in [6, 6.07) is -0.107. The Labute approximate surface area is 108 Å². The van der Waals surface area contributed by atoms with E-state index < -0.39 is 5.97 Å². The number of nitrogens with zero attached hydrogens (tertiary/aromatic N) is 1. The van der Waals surface area contributed by atoms with E-state index in [1.165, 1.54) is 0 Å². The number of carboxylic acid groups (broad SMARTS) is 1. The molecule has 1 aliphatic heterocycles. The molecule has 1 saturated heterocycles. The topological polar surface area (TPSA) is 69.6 Å². The smallest absolute Gasteiger partial charge is 0.317 e. The maximum atomic E-state index is 11.6. The molecule has 100 valence electrons. The van der Waals surface area contributed by atoms with Gasteiger partial charge in [0.25, 0.3) is 0 Å². The summed E-state index contributed by atoms with van der Waals surface area (Å²) in [5.74, 6) is 1.45. The van der Waals surface area contributed by atoms with Crippen molar-refractivity contribution in [2.24, 2.45) is 11.8 Å². The number of hydrogen-bond donors (Lipinski definition) is 2. The molecule has 1 atom stereocenters. The first kappa shape index (κ1) is 14.4. The van der Waals surface area contributed by atoms with Gasteiger partial charge in [-0.1, -0.05) is 6.92 Å². The Balaban J connectivity index is 2.12. The highest BCUT2D eigenvalue weighted by molar-refractivity contribution is 5.76. The summed E-state index contributed by atoms with van der Waals surface area (Å²) in [6.45, 7) is 3.37. The number of urea groups is 1. The molecule has 1 fully saturated rings. The van der Waals surface area contributed by atoms with Gasteiger partial charge in [0, 0.05) is 32.0 Å². The molecule has 0 aliphatic carbocycles. The quantitative estimate of drug-likeness (QED) is 0.550. The Morgan fingerprint density at radius 2 is 2.17 bits per heavy atom. The van der Waals surface area contributed by atoms with Crippen molar-refractivity contribution < 1.29 is 14.7 Å². The van der Waals surface area contributed by atoms with Crippen molar-refractivity contribution in [2.45, 2.75) is 26.2 Å². The van der Waals surface area contributed by atoms with Crippen LogP contribution in [0.1, 0.15) is 26.2 Å². The number of rotatable bonds is 6. The Kier molecular flexibility index (Phi) is 5.50. The van der Waals surface area contributed by atoms with Gasteiger partial charge in [0.15, 0.2) is 0 Å². The van der Waals surface area contributed by atoms with Crippen molar-refractivity contribution in [2.75, 3.05) is 19.6 Å². The molecule has 1 heterocycles. The highest BCUT2D eigenvalue weighted by Gasteiger charge is 2.36. The van der Waals surface area contributed by atoms with Crippen LogP contribution < -0.4 is 5.32 Å². The molecule has 0 spiro atoms. The van der Waals surface area contributed by atoms with Crippen LogP contribution in [0.3, 0.4) is 0 Å². The van der Waals surface area contributed by atoms with Gasteiger partial charge in [-0.3, -0.25) is 4.79 Å². The van der Waals surface area contributed by atoms with Crippen molar-refractivity contribution in [1.82, 2.24) is 10.2 Å². The fourth-order valence-corrected chi connectivity index (χ4v) is 1.86. The maximum absolute atomic E-state index is 11.6. The Bertz CT molecular complexity index is 343. The lowest BCUT2D eigenvalue weighted by Crippen LogP contribution is -2.56. The van der Waals surface area contributed by atoms with Crippen LogP contribution in [0.5, 0.6) is 0 Å². The second kappa shape index (κ2) is 6.90. The summed E-state index contributed by atoms with van der Waals surface area (Å²) in [6.07, 6.45) is 7.64. The van der Waals surface area contributed by atoms with Crippen LogP contribution in [-0.4, -0.2) is 41.6 Å². The van der Waals surface area contributed by atoms with Crippen LogP contribution in [0.25, 0.3) is 0 Å². The number of terminal acetylenes is 1. The second-order valence-corrected chi connectivity index (χ2v) is 4.69. The molecule has 0 aromatic carbocycles. The fraction of sp³-hybridized carbons (Fsp3) is 0.692. The van der Waals surface area contributed by atoms with Crippen LogP contribution >= 0.6 is 0 Å². The molecule has 1 rings (SSSR count). The first-order valence-electron chi connectivity index (χ1n) is 6.25. The molecule has 0 bridgehead atoms. The minimum Gasteiger partial charge on any atom is -0.481 e. The second-order valence-electron chi connectivity index (χ2n) is 4.69. The van der Waals surface area contributed by atoms with Crippen molar-refractivity contribution >= 4 is 12.0 Å². The van der Waals surface area contributed by atoms with E-state index in [1.54, 1.807) is 11.8 Å². The number of hydrogen-bond acceptors (Lipinski definition) is 2. The first-order chi connectivity index (χ1) is 8.56. The predicted molar refractivity (Wildman–Crippen MR) is 67.9 cm³/mol. The molecule has 2 N–H and O–H groups in total. The van der Waals surface area contributed by atoms with Gasteiger partial charge in [0.05, 0.1) is 5.92 Å². The standard InChI is InChI=1S/C13H20N2O3/c1-3-4-5-6-7-14-13(18)15-8-11(9-15)10(2)12(16)17/h1,10-11H,4-9H2,2H3,(H,14,18)(H,16,17). The minimum absolute atomic E-state index is 0.0784. The number of nitrogens with one attached hydrogen (secondary N) is 1. The van der Waals surface area contributed by atoms with E-state index in [9.17, 15) is 9.59 Å². The lowest BCUT2D eigenvalue weighted by Gasteiger charge is -2.41. The largest absolute Gasteiger partial charge is 0.481 e. The Morgan fingerprint density at radius 1 is 1.50 bits per heavy atom. The first-order valence-corrected chi connectivity index (χ1v) is 6.25. The van der Waals surface area contributed by atoms with Crippen molar-refractivity contribution in [1.29, 1.82) is 0 Å². The third-order valence-corrected chi connectivity index (χ3v) is 3.32. The summed E-state index contributed by atoms with van der Waals surface area (Å²) in [5, 5.41) is 11.6. The number of aliphatic carboxylic acids is 1. The molecule has 2 amide bonds. The van der Waals surface area contributed by atoms with E-state index >= 15 is 0 Å². The molecular weight excluding hydrogens is 232 g/mol. The third-order valence-electron chi connectivity index (χ3n) is 3.32. The van der Waals surface area contributed by atoms with Gasteiger partial charge in [0.1, 0.15) is 0 Å². The molecule has 0 aromatic rings. The zero-order chi connectivity index (χ0) is 13.5. The van der Waals surface area contributed by atoms with E-state index in [4.69, 9.17) is 11.5 Å². The molecule has 0 radical (unpaired) electrons. The molecule has 5 nitrogen and oxygen atoms in total. The number of carbonyl (C=O) groups excluding carboxylic acids is 1. The average Bonchev–Trinajstić information content (AvgIpc) is 2.26. The van der Waals surface area contributed by atoms with Gasteiger partial charge < -0.3 is 15.3 Å². The molecule has 18 heavy (non-hydrogen) atoms. The van der Waals surface area contributed by atoms with Crippen LogP contribution in [0, 0.1) is 24.2 Å². The normalized spacial score (nSPS) is 16.6. The van der Waals surface area contributed by atoms with Crippen LogP contribution in [-0.2, 0) is 4.79 Å². The van der Waals surface area contributed by atoms with Gasteiger partial charge >= 0.3 is 12.0 Å². The van der Waals surface area contributed by atoms with Crippen LogP contribution in [0.2, 0.25) is 0 Å². The third kappa shape index (κ3) is 3.95. The Morgan fingerprint density at radius 3 is 2.72 bits per heavy atom. The summed E-state index contributed by atoms with van der Waals surface area (Å²) < 4.78 is 0. The van der Waals surface area contributed by atoms with E-state index in [-0.39, 0.29) is 17.9 Å². The lowest BCUT2D eigenvalue weighted by molar-refractivity contribution is -0.144. The molecule has 0 saturated carbocycles. The molecule has 0 aromatic heterocycles. The van der Waals surface area contributed by atoms with Gasteiger partial charge in [-0.25, -0.2) is 4.79 Å². The highest BCUT2D eigenvalue weighted by Crippen LogP contribution is 2.23. The molecule has 1 unspecified atom stereocenters. The van der Waals surface area contributed by atoms with Gasteiger partial charge in [0.2, 0.25) is 0 Å². The van der Waals surface area contributed by atoms with E-state index in [2.05, 4.69) is 11.2 Å². The highest BCUT2D eigenvalue weighted by atomic mass is 16.4. The minimum atomic E-state index is -0.797. The maximum Gasteiger partial charge on any atom is 0.317 e. The SMILES string of the molecule is C#CCCCCNC(=O)N1CC(C(C)C(=O)O)C1. The summed E-state index contributed by atoms with van der Waals surface area (Å²) >= 11 is 0. The summed E-state index contributed by atoms with van der Waals surface area (Å²) in [4.78, 5) is 24.0. The summed E-state index contributed by atoms with van der Waals surface area (Å²) in [5.41, 5.74) is 0. The summed E-state index contributed by atoms with van der Waals surface area (Å²) in [7, 11) is 0. The van der Waals surface area contributed by atoms with E-state index in [0.717, 1.165) is 19.3 Å². The number of amides is 2. The molecular formula is C13H20N2O3. The van der Waals surface area contributed by atoms with Crippen molar-refractivity contribution in [3.63, 3.8) is 0 Å². The molecule has 5 heteroatoms. The number of carbonyl (C=O) groups is 2. The fourth-order valence-electron chi connectivity index (χ4n) is 1.86. The number of unbranched alkanes of at least 4 members (excludes halogenated alkanes) is 2. The molecule has 1 aliphatic rings. The van der Waals surface area contributed by atoms with Crippen molar-refractivity contribution in [3.8, 4) is 12.3 Å². The van der Waals surface area contributed by atoms with Crippen LogP contribution in [0.15, 0.2) is 0 Å².